The van der Waals surface area contributed by atoms with Gasteiger partial charge in [-0.1, -0.05) is 44.3 Å². The van der Waals surface area contributed by atoms with Gasteiger partial charge in [0.1, 0.15) is 12.3 Å². The molecule has 0 radical (unpaired) electrons. The maximum absolute atomic E-state index is 13.1. The summed E-state index contributed by atoms with van der Waals surface area (Å²) in [7, 11) is -1.87. The number of thiazole rings is 1. The van der Waals surface area contributed by atoms with Crippen molar-refractivity contribution in [1.82, 2.24) is 14.8 Å². The summed E-state index contributed by atoms with van der Waals surface area (Å²) in [6.07, 6.45) is 4.38. The average molecular weight is 592 g/mol. The standard InChI is InChI=1S/C27H37N3O6S2Si/c1-8-12-35-27(34)29-11-10-17(13-18(29)9-2)19-14-37-26(28-19)38-23-15(3)21-20(16(4)36-39(5,6)7)24(31)30(21)22(23)25(32)33/h8,10,14-16,18,20-21H,1,9,11-13H2,2-7H3,(H,32,33)/t15-,16-,18-,20-,21-/m1/s1. The first kappa shape index (κ1) is 29.6. The fourth-order valence-electron chi connectivity index (χ4n) is 5.64. The van der Waals surface area contributed by atoms with Crippen LogP contribution in [0.1, 0.15) is 39.3 Å². The number of carboxylic acid groups (broad SMARTS) is 1. The van der Waals surface area contributed by atoms with E-state index in [0.717, 1.165) is 22.0 Å². The Labute approximate surface area is 239 Å². The van der Waals surface area contributed by atoms with Crippen LogP contribution in [0.15, 0.2) is 39.1 Å². The minimum absolute atomic E-state index is 0.00281. The van der Waals surface area contributed by atoms with E-state index < -0.39 is 14.3 Å². The first-order valence-electron chi connectivity index (χ1n) is 13.2. The van der Waals surface area contributed by atoms with Crippen molar-refractivity contribution in [3.63, 3.8) is 0 Å². The molecule has 0 saturated carbocycles. The van der Waals surface area contributed by atoms with Crippen LogP contribution in [0, 0.1) is 11.8 Å². The molecule has 4 rings (SSSR count). The molecule has 1 saturated heterocycles. The van der Waals surface area contributed by atoms with Crippen molar-refractivity contribution in [3.05, 3.63) is 40.4 Å². The fraction of sp³-hybridized carbons (Fsp3) is 0.556. The van der Waals surface area contributed by atoms with E-state index in [4.69, 9.17) is 14.1 Å². The molecule has 4 heterocycles. The van der Waals surface area contributed by atoms with Crippen LogP contribution in [0.5, 0.6) is 0 Å². The number of hydrogen-bond donors (Lipinski definition) is 1. The molecule has 0 aliphatic carbocycles. The summed E-state index contributed by atoms with van der Waals surface area (Å²) in [5.41, 5.74) is 1.95. The van der Waals surface area contributed by atoms with E-state index >= 15 is 0 Å². The van der Waals surface area contributed by atoms with Crippen molar-refractivity contribution in [2.45, 2.75) is 75.8 Å². The first-order chi connectivity index (χ1) is 18.4. The second-order valence-corrected chi connectivity index (χ2v) is 17.7. The van der Waals surface area contributed by atoms with Gasteiger partial charge in [-0.05, 0) is 45.0 Å². The van der Waals surface area contributed by atoms with Gasteiger partial charge >= 0.3 is 12.1 Å². The zero-order valence-electron chi connectivity index (χ0n) is 23.3. The monoisotopic (exact) mass is 591 g/mol. The fourth-order valence-corrected chi connectivity index (χ4v) is 9.01. The maximum Gasteiger partial charge on any atom is 0.410 e. The first-order valence-corrected chi connectivity index (χ1v) is 18.3. The molecule has 3 aliphatic heterocycles. The van der Waals surface area contributed by atoms with E-state index in [9.17, 15) is 19.5 Å². The second-order valence-electron chi connectivity index (χ2n) is 11.1. The van der Waals surface area contributed by atoms with Gasteiger partial charge in [0.25, 0.3) is 0 Å². The van der Waals surface area contributed by atoms with Crippen LogP contribution in [0.3, 0.4) is 0 Å². The molecule has 39 heavy (non-hydrogen) atoms. The minimum Gasteiger partial charge on any atom is -0.477 e. The van der Waals surface area contributed by atoms with Crippen LogP contribution < -0.4 is 0 Å². The van der Waals surface area contributed by atoms with Crippen molar-refractivity contribution >= 4 is 55.0 Å². The topological polar surface area (TPSA) is 109 Å². The van der Waals surface area contributed by atoms with Gasteiger partial charge in [-0.25, -0.2) is 14.6 Å². The molecule has 2 amide bonds. The van der Waals surface area contributed by atoms with Crippen LogP contribution >= 0.6 is 23.1 Å². The maximum atomic E-state index is 13.1. The molecule has 1 fully saturated rings. The second kappa shape index (κ2) is 11.6. The van der Waals surface area contributed by atoms with Crippen LogP contribution in [-0.4, -0.2) is 77.5 Å². The Morgan fingerprint density at radius 1 is 1.38 bits per heavy atom. The van der Waals surface area contributed by atoms with Crippen molar-refractivity contribution in [2.75, 3.05) is 13.2 Å². The number of carboxylic acids is 1. The quantitative estimate of drug-likeness (QED) is 0.218. The van der Waals surface area contributed by atoms with Crippen molar-refractivity contribution in [2.24, 2.45) is 11.8 Å². The summed E-state index contributed by atoms with van der Waals surface area (Å²) in [5, 5.41) is 12.0. The summed E-state index contributed by atoms with van der Waals surface area (Å²) in [4.78, 5) is 46.5. The number of β-lactam (4-membered cyclic amide) rings is 1. The molecule has 12 heteroatoms. The Balaban J connectivity index is 1.51. The number of aromatic nitrogens is 1. The third kappa shape index (κ3) is 5.89. The number of hydrogen-bond acceptors (Lipinski definition) is 8. The number of carbonyl (C=O) groups excluding carboxylic acids is 2. The SMILES string of the molecule is C=CCOC(=O)N1CC=C(c2csc(SC3=C(C(=O)O)N4C(=O)[C@H]([C@@H](C)O[Si](C)(C)C)[C@H]4[C@H]3C)n2)C[C@H]1CC. The largest absolute Gasteiger partial charge is 0.477 e. The molecule has 1 aromatic heterocycles. The molecule has 0 spiro atoms. The smallest absolute Gasteiger partial charge is 0.410 e. The molecule has 0 bridgehead atoms. The van der Waals surface area contributed by atoms with E-state index in [2.05, 4.69) is 26.2 Å². The molecule has 1 N–H and O–H groups in total. The molecular formula is C27H37N3O6S2Si. The van der Waals surface area contributed by atoms with E-state index in [1.165, 1.54) is 28.0 Å². The third-order valence-electron chi connectivity index (χ3n) is 7.31. The lowest BCUT2D eigenvalue weighted by atomic mass is 9.79. The number of carbonyl (C=O) groups is 3. The van der Waals surface area contributed by atoms with Crippen LogP contribution in [0.25, 0.3) is 5.57 Å². The van der Waals surface area contributed by atoms with E-state index in [1.807, 2.05) is 32.2 Å². The number of amides is 2. The van der Waals surface area contributed by atoms with Crippen molar-refractivity contribution in [3.8, 4) is 0 Å². The van der Waals surface area contributed by atoms with Gasteiger partial charge < -0.3 is 24.1 Å². The molecule has 0 unspecified atom stereocenters. The molecule has 0 aromatic carbocycles. The third-order valence-corrected chi connectivity index (χ3v) is 10.6. The van der Waals surface area contributed by atoms with Crippen LogP contribution in [0.4, 0.5) is 4.79 Å². The van der Waals surface area contributed by atoms with Crippen molar-refractivity contribution < 1.29 is 28.7 Å². The number of rotatable bonds is 10. The van der Waals surface area contributed by atoms with Crippen LogP contribution in [-0.2, 0) is 18.8 Å². The Bertz CT molecular complexity index is 1220. The predicted molar refractivity (Wildman–Crippen MR) is 155 cm³/mol. The molecule has 3 aliphatic rings. The van der Waals surface area contributed by atoms with Crippen molar-refractivity contribution in [1.29, 1.82) is 0 Å². The number of thioether (sulfide) groups is 1. The summed E-state index contributed by atoms with van der Waals surface area (Å²) >= 11 is 2.79. The Morgan fingerprint density at radius 3 is 2.72 bits per heavy atom. The summed E-state index contributed by atoms with van der Waals surface area (Å²) < 4.78 is 12.2. The Hall–Kier alpha value is -2.41. The van der Waals surface area contributed by atoms with Gasteiger partial charge in [-0.15, -0.1) is 11.3 Å². The molecule has 9 nitrogen and oxygen atoms in total. The Kier molecular flexibility index (Phi) is 8.79. The van der Waals surface area contributed by atoms with Gasteiger partial charge in [0.05, 0.1) is 23.8 Å². The van der Waals surface area contributed by atoms with E-state index in [1.54, 1.807) is 11.0 Å². The van der Waals surface area contributed by atoms with Gasteiger partial charge in [-0.3, -0.25) is 4.79 Å². The summed E-state index contributed by atoms with van der Waals surface area (Å²) in [6.45, 7) is 16.4. The highest BCUT2D eigenvalue weighted by molar-refractivity contribution is 8.04. The normalized spacial score (nSPS) is 25.7. The van der Waals surface area contributed by atoms with Crippen LogP contribution in [0.2, 0.25) is 19.6 Å². The highest BCUT2D eigenvalue weighted by atomic mass is 32.2. The molecule has 1 aromatic rings. The lowest BCUT2D eigenvalue weighted by Gasteiger charge is -2.48. The average Bonchev–Trinajstić information content (AvgIpc) is 3.42. The molecule has 212 valence electrons. The number of ether oxygens (including phenoxy) is 1. The predicted octanol–water partition coefficient (Wildman–Crippen LogP) is 5.44. The zero-order chi connectivity index (χ0) is 28.6. The summed E-state index contributed by atoms with van der Waals surface area (Å²) in [6, 6.07) is -0.224. The zero-order valence-corrected chi connectivity index (χ0v) is 25.9. The summed E-state index contributed by atoms with van der Waals surface area (Å²) in [5.74, 6) is -1.78. The lowest BCUT2D eigenvalue weighted by Crippen LogP contribution is -2.64. The minimum atomic E-state index is -1.87. The van der Waals surface area contributed by atoms with Gasteiger partial charge in [0.2, 0.25) is 5.91 Å². The highest BCUT2D eigenvalue weighted by Crippen LogP contribution is 2.53. The number of nitrogens with zero attached hydrogens (tertiary/aromatic N) is 3. The number of fused-ring (bicyclic) bond motifs is 1. The van der Waals surface area contributed by atoms with E-state index in [-0.39, 0.29) is 54.3 Å². The highest BCUT2D eigenvalue weighted by Gasteiger charge is 2.60. The van der Waals surface area contributed by atoms with E-state index in [0.29, 0.717) is 17.9 Å². The Morgan fingerprint density at radius 2 is 2.10 bits per heavy atom. The molecule has 5 atom stereocenters. The van der Waals surface area contributed by atoms with Gasteiger partial charge in [-0.2, -0.15) is 0 Å². The lowest BCUT2D eigenvalue weighted by molar-refractivity contribution is -0.162. The number of aliphatic carboxylic acids is 1. The van der Waals surface area contributed by atoms with Gasteiger partial charge in [0.15, 0.2) is 12.7 Å². The molecular weight excluding hydrogens is 555 g/mol. The van der Waals surface area contributed by atoms with Gasteiger partial charge in [0, 0.05) is 28.8 Å².